The van der Waals surface area contributed by atoms with Gasteiger partial charge in [-0.25, -0.2) is 4.79 Å². The van der Waals surface area contributed by atoms with Crippen LogP contribution in [-0.2, 0) is 76.1 Å². The molecule has 8 aliphatic rings. The quantitative estimate of drug-likeness (QED) is 0.188. The van der Waals surface area contributed by atoms with Gasteiger partial charge in [0, 0.05) is 55.9 Å². The molecule has 1 aromatic rings. The second kappa shape index (κ2) is 11.8. The van der Waals surface area contributed by atoms with E-state index in [9.17, 15) is 28.8 Å². The molecular weight excluding hydrogens is 764 g/mol. The fourth-order valence-electron chi connectivity index (χ4n) is 13.7. The molecular formula is C41H50O17. The van der Waals surface area contributed by atoms with E-state index in [4.69, 9.17) is 51.8 Å². The zero-order chi connectivity index (χ0) is 41.9. The Morgan fingerprint density at radius 1 is 0.931 bits per heavy atom. The van der Waals surface area contributed by atoms with Crippen LogP contribution in [0.15, 0.2) is 23.0 Å². The first-order chi connectivity index (χ1) is 27.2. The van der Waals surface area contributed by atoms with Crippen LogP contribution in [0.5, 0.6) is 0 Å². The summed E-state index contributed by atoms with van der Waals surface area (Å²) in [7, 11) is 1.23. The normalized spacial score (nSPS) is 48.8. The number of fused-ring (bicyclic) bond motifs is 3. The molecule has 58 heavy (non-hydrogen) atoms. The van der Waals surface area contributed by atoms with Crippen LogP contribution in [0.4, 0.5) is 0 Å². The number of furan rings is 1. The summed E-state index contributed by atoms with van der Waals surface area (Å²) in [5, 5.41) is 0. The molecule has 15 atom stereocenters. The topological polar surface area (TPSA) is 211 Å². The average Bonchev–Trinajstić information content (AvgIpc) is 3.49. The van der Waals surface area contributed by atoms with Crippen molar-refractivity contribution < 1.29 is 80.6 Å². The predicted molar refractivity (Wildman–Crippen MR) is 188 cm³/mol. The Kier molecular flexibility index (Phi) is 8.03. The fraction of sp³-hybridized carbons (Fsp3) is 0.756. The Morgan fingerprint density at radius 2 is 1.64 bits per heavy atom. The zero-order valence-electron chi connectivity index (χ0n) is 34.1. The maximum absolute atomic E-state index is 14.4. The lowest BCUT2D eigenvalue weighted by atomic mass is 9.33. The lowest BCUT2D eigenvalue weighted by Crippen LogP contribution is -2.95. The number of methoxy groups -OCH3 is 1. The van der Waals surface area contributed by atoms with Gasteiger partial charge in [0.25, 0.3) is 5.97 Å². The first kappa shape index (κ1) is 39.4. The van der Waals surface area contributed by atoms with Crippen molar-refractivity contribution in [1.82, 2.24) is 0 Å². The number of carbonyl (C=O) groups excluding carboxylic acids is 6. The molecule has 3 spiro atoms. The van der Waals surface area contributed by atoms with Crippen LogP contribution in [0, 0.1) is 28.1 Å². The van der Waals surface area contributed by atoms with E-state index in [-0.39, 0.29) is 38.7 Å². The summed E-state index contributed by atoms with van der Waals surface area (Å²) < 4.78 is 70.6. The van der Waals surface area contributed by atoms with Crippen molar-refractivity contribution in [2.24, 2.45) is 28.1 Å². The number of cyclic esters (lactones) is 1. The van der Waals surface area contributed by atoms with Crippen LogP contribution >= 0.6 is 0 Å². The number of hydrogen-bond donors (Lipinski definition) is 0. The van der Waals surface area contributed by atoms with E-state index in [0.29, 0.717) is 5.56 Å². The second-order valence-electron chi connectivity index (χ2n) is 18.3. The van der Waals surface area contributed by atoms with Crippen molar-refractivity contribution >= 4 is 35.8 Å². The lowest BCUT2D eigenvalue weighted by Gasteiger charge is -2.77. The van der Waals surface area contributed by atoms with Crippen molar-refractivity contribution in [3.05, 3.63) is 24.2 Å². The van der Waals surface area contributed by atoms with Crippen molar-refractivity contribution in [3.63, 3.8) is 0 Å². The number of rotatable bonds is 10. The van der Waals surface area contributed by atoms with E-state index in [1.807, 2.05) is 13.8 Å². The van der Waals surface area contributed by atoms with Gasteiger partial charge in [0.05, 0.1) is 37.6 Å². The molecule has 1 unspecified atom stereocenters. The smallest absolute Gasteiger partial charge is 0.341 e. The van der Waals surface area contributed by atoms with Gasteiger partial charge in [-0.2, -0.15) is 0 Å². The zero-order valence-corrected chi connectivity index (χ0v) is 34.1. The molecule has 0 radical (unpaired) electrons. The van der Waals surface area contributed by atoms with Crippen LogP contribution in [0.25, 0.3) is 0 Å². The molecule has 8 fully saturated rings. The summed E-state index contributed by atoms with van der Waals surface area (Å²) in [6.45, 7) is 12.3. The number of esters is 6. The highest BCUT2D eigenvalue weighted by Gasteiger charge is 3.06. The maximum atomic E-state index is 14.4. The van der Waals surface area contributed by atoms with Crippen molar-refractivity contribution in [2.45, 2.75) is 152 Å². The highest BCUT2D eigenvalue weighted by Crippen LogP contribution is 2.90. The standard InChI is InChI=1S/C41H50O17/c1-10-26(44)52-31-40-25(16-27(45)48-9)33(5,29(51-21(3)42)23-11-14-49-17-23)12-13-38(40)37-19-50-28(46)15-24(37)34(6)18-39(37,57-36(8,56-38)58-40)41(31,55-22(4)43)30(34)53-32(47)35(7)20(2)54-35/h11,14,17,20,24-25,29-31H,10,12-13,15-16,18-19H2,1-9H3/t20-,24+,25-,29+,30+,31+,33-,34+,35+,36?,37+,38+,39-,40-,41+/m1/s1. The summed E-state index contributed by atoms with van der Waals surface area (Å²) in [6.07, 6.45) is -2.34. The van der Waals surface area contributed by atoms with Gasteiger partial charge < -0.3 is 51.8 Å². The molecule has 316 valence electrons. The third-order valence-electron chi connectivity index (χ3n) is 15.7. The molecule has 5 heterocycles. The largest absolute Gasteiger partial charge is 0.472 e. The molecule has 4 aliphatic heterocycles. The van der Waals surface area contributed by atoms with Gasteiger partial charge >= 0.3 is 35.8 Å². The summed E-state index contributed by atoms with van der Waals surface area (Å²) >= 11 is 0. The summed E-state index contributed by atoms with van der Waals surface area (Å²) in [5.41, 5.74) is -12.5. The molecule has 1 aromatic heterocycles. The maximum Gasteiger partial charge on any atom is 0.341 e. The molecule has 4 bridgehead atoms. The summed E-state index contributed by atoms with van der Waals surface area (Å²) in [5.74, 6) is -8.08. The number of ether oxygens (including phenoxy) is 10. The minimum Gasteiger partial charge on any atom is -0.472 e. The summed E-state index contributed by atoms with van der Waals surface area (Å²) in [4.78, 5) is 83.1. The van der Waals surface area contributed by atoms with E-state index in [0.717, 1.165) is 0 Å². The average molecular weight is 815 g/mol. The van der Waals surface area contributed by atoms with Crippen LogP contribution in [0.3, 0.4) is 0 Å². The Hall–Kier alpha value is -4.06. The minimum atomic E-state index is -2.23. The van der Waals surface area contributed by atoms with E-state index in [2.05, 4.69) is 0 Å². The first-order valence-electron chi connectivity index (χ1n) is 20.0. The number of hydrogen-bond acceptors (Lipinski definition) is 17. The molecule has 17 nitrogen and oxygen atoms in total. The molecule has 4 saturated heterocycles. The van der Waals surface area contributed by atoms with Gasteiger partial charge in [0.2, 0.25) is 5.60 Å². The van der Waals surface area contributed by atoms with Gasteiger partial charge in [-0.15, -0.1) is 0 Å². The van der Waals surface area contributed by atoms with Gasteiger partial charge in [-0.1, -0.05) is 20.8 Å². The molecule has 4 saturated carbocycles. The third-order valence-corrected chi connectivity index (χ3v) is 15.7. The molecule has 0 amide bonds. The van der Waals surface area contributed by atoms with Crippen LogP contribution in [0.2, 0.25) is 0 Å². The van der Waals surface area contributed by atoms with E-state index in [1.165, 1.54) is 33.5 Å². The Labute approximate surface area is 334 Å². The Balaban J connectivity index is 1.40. The summed E-state index contributed by atoms with van der Waals surface area (Å²) in [6, 6.07) is 1.65. The molecule has 0 N–H and O–H groups in total. The molecule has 9 rings (SSSR count). The first-order valence-corrected chi connectivity index (χ1v) is 20.0. The fourth-order valence-corrected chi connectivity index (χ4v) is 13.7. The minimum absolute atomic E-state index is 0.0317. The van der Waals surface area contributed by atoms with Crippen LogP contribution in [-0.4, -0.2) is 102 Å². The Bertz CT molecular complexity index is 2020. The van der Waals surface area contributed by atoms with E-state index < -0.39 is 129 Å². The third kappa shape index (κ3) is 4.26. The van der Waals surface area contributed by atoms with E-state index in [1.54, 1.807) is 33.8 Å². The number of epoxide rings is 1. The van der Waals surface area contributed by atoms with Crippen molar-refractivity contribution in [3.8, 4) is 0 Å². The highest BCUT2D eigenvalue weighted by molar-refractivity contribution is 5.84. The second-order valence-corrected chi connectivity index (χ2v) is 18.3. The van der Waals surface area contributed by atoms with Gasteiger partial charge in [0.1, 0.15) is 29.5 Å². The van der Waals surface area contributed by atoms with Crippen LogP contribution in [0.1, 0.15) is 106 Å². The van der Waals surface area contributed by atoms with Gasteiger partial charge in [-0.3, -0.25) is 24.0 Å². The molecule has 0 aromatic carbocycles. The Morgan fingerprint density at radius 3 is 2.24 bits per heavy atom. The monoisotopic (exact) mass is 814 g/mol. The highest BCUT2D eigenvalue weighted by atomic mass is 16.9. The van der Waals surface area contributed by atoms with Crippen LogP contribution < -0.4 is 0 Å². The lowest BCUT2D eigenvalue weighted by molar-refractivity contribution is -0.485. The van der Waals surface area contributed by atoms with Gasteiger partial charge in [0.15, 0.2) is 17.8 Å². The van der Waals surface area contributed by atoms with Gasteiger partial charge in [-0.05, 0) is 45.1 Å². The SMILES string of the molecule is CCC(=O)O[C@@H]1[C@@]2(OC(C)=O)[C@@H](OC(=O)[C@@]3(C)O[C@@H]3C)[C@@]3(C)C[C@]24OC2(C)O[C@]15[C@H](CC(=O)OC)[C@](C)([C@@H](OC(C)=O)c1ccoc1)CC[C@]5(O2)[C@@]41COC(=O)C[C@@H]31. The van der Waals surface area contributed by atoms with E-state index >= 15 is 0 Å². The number of carbonyl (C=O) groups is 6. The predicted octanol–water partition coefficient (Wildman–Crippen LogP) is 3.53. The molecule has 17 heteroatoms. The van der Waals surface area contributed by atoms with Crippen molar-refractivity contribution in [1.29, 1.82) is 0 Å². The van der Waals surface area contributed by atoms with Crippen molar-refractivity contribution in [2.75, 3.05) is 13.7 Å². The molecule has 4 aliphatic carbocycles.